The number of hydrogen-bond donors (Lipinski definition) is 1. The number of halogens is 2. The SMILES string of the molecule is C[C@@H](NC(=O)CCc1ccc(Cl)cc1Cl)c1ccc2c(c1)OCCO2. The van der Waals surface area contributed by atoms with Crippen LogP contribution in [0.3, 0.4) is 0 Å². The molecule has 132 valence electrons. The number of rotatable bonds is 5. The van der Waals surface area contributed by atoms with Crippen LogP contribution in [0.4, 0.5) is 0 Å². The van der Waals surface area contributed by atoms with Gasteiger partial charge < -0.3 is 14.8 Å². The minimum atomic E-state index is -0.121. The highest BCUT2D eigenvalue weighted by atomic mass is 35.5. The second-order valence-corrected chi connectivity index (χ2v) is 6.77. The van der Waals surface area contributed by atoms with Gasteiger partial charge in [0, 0.05) is 16.5 Å². The summed E-state index contributed by atoms with van der Waals surface area (Å²) in [7, 11) is 0. The third-order valence-electron chi connectivity index (χ3n) is 4.08. The summed E-state index contributed by atoms with van der Waals surface area (Å²) in [5.41, 5.74) is 1.88. The van der Waals surface area contributed by atoms with Crippen molar-refractivity contribution in [2.75, 3.05) is 13.2 Å². The van der Waals surface area contributed by atoms with Gasteiger partial charge >= 0.3 is 0 Å². The second kappa shape index (κ2) is 7.98. The van der Waals surface area contributed by atoms with Crippen molar-refractivity contribution >= 4 is 29.1 Å². The second-order valence-electron chi connectivity index (χ2n) is 5.93. The predicted molar refractivity (Wildman–Crippen MR) is 98.8 cm³/mol. The summed E-state index contributed by atoms with van der Waals surface area (Å²) >= 11 is 12.0. The molecular weight excluding hydrogens is 361 g/mol. The quantitative estimate of drug-likeness (QED) is 0.827. The van der Waals surface area contributed by atoms with E-state index in [0.29, 0.717) is 36.1 Å². The molecule has 0 fully saturated rings. The first-order valence-corrected chi connectivity index (χ1v) is 8.91. The fourth-order valence-electron chi connectivity index (χ4n) is 2.70. The number of aryl methyl sites for hydroxylation is 1. The highest BCUT2D eigenvalue weighted by molar-refractivity contribution is 6.35. The highest BCUT2D eigenvalue weighted by Crippen LogP contribution is 2.32. The van der Waals surface area contributed by atoms with E-state index in [1.807, 2.05) is 31.2 Å². The zero-order chi connectivity index (χ0) is 17.8. The zero-order valence-corrected chi connectivity index (χ0v) is 15.4. The van der Waals surface area contributed by atoms with E-state index in [0.717, 1.165) is 22.6 Å². The molecular formula is C19H19Cl2NO3. The summed E-state index contributed by atoms with van der Waals surface area (Å²) in [5.74, 6) is 1.43. The van der Waals surface area contributed by atoms with Crippen LogP contribution in [-0.2, 0) is 11.2 Å². The maximum atomic E-state index is 12.2. The van der Waals surface area contributed by atoms with E-state index >= 15 is 0 Å². The number of carbonyl (C=O) groups excluding carboxylic acids is 1. The number of hydrogen-bond acceptors (Lipinski definition) is 3. The topological polar surface area (TPSA) is 47.6 Å². The first kappa shape index (κ1) is 17.9. The van der Waals surface area contributed by atoms with Crippen LogP contribution in [0.15, 0.2) is 36.4 Å². The Hall–Kier alpha value is -1.91. The van der Waals surface area contributed by atoms with Crippen molar-refractivity contribution in [1.29, 1.82) is 0 Å². The van der Waals surface area contributed by atoms with Gasteiger partial charge in [0.25, 0.3) is 0 Å². The summed E-state index contributed by atoms with van der Waals surface area (Å²) in [6.45, 7) is 3.05. The van der Waals surface area contributed by atoms with Crippen molar-refractivity contribution in [3.05, 3.63) is 57.6 Å². The van der Waals surface area contributed by atoms with Crippen molar-refractivity contribution in [3.8, 4) is 11.5 Å². The average molecular weight is 380 g/mol. The van der Waals surface area contributed by atoms with Crippen LogP contribution < -0.4 is 14.8 Å². The normalized spacial score (nSPS) is 14.0. The molecule has 2 aromatic carbocycles. The maximum Gasteiger partial charge on any atom is 0.220 e. The monoisotopic (exact) mass is 379 g/mol. The molecule has 1 heterocycles. The van der Waals surface area contributed by atoms with E-state index in [4.69, 9.17) is 32.7 Å². The molecule has 1 N–H and O–H groups in total. The lowest BCUT2D eigenvalue weighted by Gasteiger charge is -2.21. The van der Waals surface area contributed by atoms with Crippen molar-refractivity contribution in [3.63, 3.8) is 0 Å². The minimum absolute atomic E-state index is 0.0339. The first-order chi connectivity index (χ1) is 12.0. The van der Waals surface area contributed by atoms with E-state index in [2.05, 4.69) is 5.32 Å². The van der Waals surface area contributed by atoms with Gasteiger partial charge in [-0.25, -0.2) is 0 Å². The van der Waals surface area contributed by atoms with Gasteiger partial charge in [-0.3, -0.25) is 4.79 Å². The van der Waals surface area contributed by atoms with Crippen molar-refractivity contribution in [2.24, 2.45) is 0 Å². The third-order valence-corrected chi connectivity index (χ3v) is 4.67. The summed E-state index contributed by atoms with van der Waals surface area (Å²) in [5, 5.41) is 4.17. The van der Waals surface area contributed by atoms with Gasteiger partial charge in [-0.2, -0.15) is 0 Å². The molecule has 25 heavy (non-hydrogen) atoms. The number of ether oxygens (including phenoxy) is 2. The molecule has 0 spiro atoms. The van der Waals surface area contributed by atoms with E-state index in [1.54, 1.807) is 12.1 Å². The Balaban J connectivity index is 1.57. The summed E-state index contributed by atoms with van der Waals surface area (Å²) in [6.07, 6.45) is 0.923. The lowest BCUT2D eigenvalue weighted by molar-refractivity contribution is -0.121. The van der Waals surface area contributed by atoms with E-state index in [-0.39, 0.29) is 11.9 Å². The summed E-state index contributed by atoms with van der Waals surface area (Å²) in [4.78, 5) is 12.2. The third kappa shape index (κ3) is 4.59. The predicted octanol–water partition coefficient (Wildman–Crippen LogP) is 4.57. The molecule has 1 aliphatic rings. The van der Waals surface area contributed by atoms with Crippen LogP contribution in [0.5, 0.6) is 11.5 Å². The molecule has 0 unspecified atom stereocenters. The number of carbonyl (C=O) groups is 1. The fourth-order valence-corrected chi connectivity index (χ4v) is 3.20. The molecule has 0 aliphatic carbocycles. The Kier molecular flexibility index (Phi) is 5.71. The highest BCUT2D eigenvalue weighted by Gasteiger charge is 2.16. The molecule has 1 atom stereocenters. The van der Waals surface area contributed by atoms with Gasteiger partial charge in [-0.15, -0.1) is 0 Å². The van der Waals surface area contributed by atoms with Crippen LogP contribution in [0.1, 0.15) is 30.5 Å². The van der Waals surface area contributed by atoms with E-state index < -0.39 is 0 Å². The molecule has 0 aromatic heterocycles. The molecule has 1 aliphatic heterocycles. The largest absolute Gasteiger partial charge is 0.486 e. The van der Waals surface area contributed by atoms with E-state index in [9.17, 15) is 4.79 Å². The molecule has 0 saturated heterocycles. The van der Waals surface area contributed by atoms with Crippen LogP contribution in [0.25, 0.3) is 0 Å². The average Bonchev–Trinajstić information content (AvgIpc) is 2.60. The van der Waals surface area contributed by atoms with Crippen molar-refractivity contribution in [1.82, 2.24) is 5.32 Å². The van der Waals surface area contributed by atoms with Crippen LogP contribution >= 0.6 is 23.2 Å². The van der Waals surface area contributed by atoms with Gasteiger partial charge in [0.15, 0.2) is 11.5 Å². The molecule has 0 radical (unpaired) electrons. The molecule has 0 saturated carbocycles. The van der Waals surface area contributed by atoms with Gasteiger partial charge in [-0.05, 0) is 48.7 Å². The zero-order valence-electron chi connectivity index (χ0n) is 13.9. The first-order valence-electron chi connectivity index (χ1n) is 8.16. The maximum absolute atomic E-state index is 12.2. The standard InChI is InChI=1S/C19H19Cl2NO3/c1-12(14-3-6-17-18(10-14)25-9-8-24-17)22-19(23)7-4-13-2-5-15(20)11-16(13)21/h2-3,5-6,10-12H,4,7-9H2,1H3,(H,22,23)/t12-/m1/s1. The Morgan fingerprint density at radius 2 is 1.88 bits per heavy atom. The molecule has 6 heteroatoms. The molecule has 4 nitrogen and oxygen atoms in total. The Morgan fingerprint density at radius 1 is 1.12 bits per heavy atom. The van der Waals surface area contributed by atoms with Crippen LogP contribution in [0, 0.1) is 0 Å². The van der Waals surface area contributed by atoms with Gasteiger partial charge in [0.05, 0.1) is 6.04 Å². The molecule has 2 aromatic rings. The lowest BCUT2D eigenvalue weighted by atomic mass is 10.1. The minimum Gasteiger partial charge on any atom is -0.486 e. The molecule has 0 bridgehead atoms. The van der Waals surface area contributed by atoms with Crippen LogP contribution in [-0.4, -0.2) is 19.1 Å². The van der Waals surface area contributed by atoms with Gasteiger partial charge in [0.2, 0.25) is 5.91 Å². The smallest absolute Gasteiger partial charge is 0.220 e. The number of benzene rings is 2. The van der Waals surface area contributed by atoms with E-state index in [1.165, 1.54) is 0 Å². The fraction of sp³-hybridized carbons (Fsp3) is 0.316. The number of fused-ring (bicyclic) bond motifs is 1. The van der Waals surface area contributed by atoms with Crippen molar-refractivity contribution < 1.29 is 14.3 Å². The molecule has 1 amide bonds. The summed E-state index contributed by atoms with van der Waals surface area (Å²) in [6, 6.07) is 10.9. The molecule has 3 rings (SSSR count). The number of amides is 1. The Bertz CT molecular complexity index is 779. The van der Waals surface area contributed by atoms with Crippen molar-refractivity contribution in [2.45, 2.75) is 25.8 Å². The van der Waals surface area contributed by atoms with Crippen LogP contribution in [0.2, 0.25) is 10.0 Å². The Labute approximate surface area is 157 Å². The Morgan fingerprint density at radius 3 is 2.64 bits per heavy atom. The lowest BCUT2D eigenvalue weighted by Crippen LogP contribution is -2.27. The van der Waals surface area contributed by atoms with Gasteiger partial charge in [0.1, 0.15) is 13.2 Å². The van der Waals surface area contributed by atoms with Gasteiger partial charge in [-0.1, -0.05) is 35.3 Å². The summed E-state index contributed by atoms with van der Waals surface area (Å²) < 4.78 is 11.1. The number of nitrogens with one attached hydrogen (secondary N) is 1.